The van der Waals surface area contributed by atoms with E-state index in [1.54, 1.807) is 6.20 Å². The second kappa shape index (κ2) is 3.69. The zero-order valence-corrected chi connectivity index (χ0v) is 7.28. The molecule has 64 valence electrons. The van der Waals surface area contributed by atoms with Crippen LogP contribution in [0.25, 0.3) is 0 Å². The van der Waals surface area contributed by atoms with E-state index in [1.807, 2.05) is 13.8 Å². The van der Waals surface area contributed by atoms with Crippen molar-refractivity contribution in [2.75, 3.05) is 0 Å². The smallest absolute Gasteiger partial charge is 0.423 e. The van der Waals surface area contributed by atoms with Gasteiger partial charge in [-0.05, 0) is 24.5 Å². The highest BCUT2D eigenvalue weighted by Crippen LogP contribution is 2.03. The van der Waals surface area contributed by atoms with Crippen LogP contribution in [0, 0.1) is 6.92 Å². The topological polar surface area (TPSA) is 53.4 Å². The van der Waals surface area contributed by atoms with Crippen molar-refractivity contribution in [3.63, 3.8) is 0 Å². The van der Waals surface area contributed by atoms with Crippen molar-refractivity contribution in [1.29, 1.82) is 0 Å². The summed E-state index contributed by atoms with van der Waals surface area (Å²) in [6, 6.07) is 0. The molecule has 0 aliphatic rings. The summed E-state index contributed by atoms with van der Waals surface area (Å²) in [5.74, 6) is 0. The number of pyridine rings is 1. The fourth-order valence-electron chi connectivity index (χ4n) is 1.20. The fraction of sp³-hybridized carbons (Fsp3) is 0.375. The molecule has 0 aliphatic heterocycles. The van der Waals surface area contributed by atoms with Crippen LogP contribution in [0.4, 0.5) is 0 Å². The number of hydrogen-bond donors (Lipinski definition) is 2. The molecule has 12 heavy (non-hydrogen) atoms. The van der Waals surface area contributed by atoms with Crippen molar-refractivity contribution in [1.82, 2.24) is 4.98 Å². The minimum absolute atomic E-state index is 0.495. The Bertz CT molecular complexity index is 276. The van der Waals surface area contributed by atoms with Gasteiger partial charge in [0.1, 0.15) is 0 Å². The maximum absolute atomic E-state index is 8.94. The Morgan fingerprint density at radius 3 is 2.58 bits per heavy atom. The van der Waals surface area contributed by atoms with E-state index in [0.29, 0.717) is 5.46 Å². The van der Waals surface area contributed by atoms with E-state index in [2.05, 4.69) is 4.98 Å². The van der Waals surface area contributed by atoms with Crippen LogP contribution in [0.3, 0.4) is 0 Å². The van der Waals surface area contributed by atoms with Crippen molar-refractivity contribution in [3.8, 4) is 0 Å². The highest BCUT2D eigenvalue weighted by Gasteiger charge is 2.15. The van der Waals surface area contributed by atoms with Crippen molar-refractivity contribution < 1.29 is 10.0 Å². The monoisotopic (exact) mass is 165 g/mol. The molecule has 1 aromatic heterocycles. The van der Waals surface area contributed by atoms with Crippen LogP contribution >= 0.6 is 0 Å². The van der Waals surface area contributed by atoms with Gasteiger partial charge >= 0.3 is 7.12 Å². The van der Waals surface area contributed by atoms with E-state index < -0.39 is 7.12 Å². The van der Waals surface area contributed by atoms with E-state index >= 15 is 0 Å². The van der Waals surface area contributed by atoms with Crippen molar-refractivity contribution in [2.45, 2.75) is 20.3 Å². The lowest BCUT2D eigenvalue weighted by molar-refractivity contribution is 0.425. The molecule has 0 aromatic carbocycles. The number of hydrogen-bond acceptors (Lipinski definition) is 3. The predicted octanol–water partition coefficient (Wildman–Crippen LogP) is -0.368. The summed E-state index contributed by atoms with van der Waals surface area (Å²) in [6.45, 7) is 3.88. The molecule has 0 atom stereocenters. The predicted molar refractivity (Wildman–Crippen MR) is 48.2 cm³/mol. The van der Waals surface area contributed by atoms with Gasteiger partial charge in [0.25, 0.3) is 0 Å². The van der Waals surface area contributed by atoms with Crippen LogP contribution in [0.5, 0.6) is 0 Å². The van der Waals surface area contributed by atoms with E-state index in [4.69, 9.17) is 10.0 Å². The zero-order chi connectivity index (χ0) is 9.14. The maximum Gasteiger partial charge on any atom is 0.490 e. The lowest BCUT2D eigenvalue weighted by Crippen LogP contribution is -2.33. The second-order valence-corrected chi connectivity index (χ2v) is 2.74. The molecule has 1 aromatic rings. The van der Waals surface area contributed by atoms with Gasteiger partial charge in [-0.25, -0.2) is 0 Å². The van der Waals surface area contributed by atoms with Gasteiger partial charge in [-0.1, -0.05) is 6.92 Å². The van der Waals surface area contributed by atoms with Gasteiger partial charge in [0.2, 0.25) is 0 Å². The summed E-state index contributed by atoms with van der Waals surface area (Å²) in [6.07, 6.45) is 4.10. The molecule has 0 amide bonds. The molecule has 0 spiro atoms. The molecular formula is C8H12BNO2. The Morgan fingerprint density at radius 2 is 2.08 bits per heavy atom. The Morgan fingerprint density at radius 1 is 1.42 bits per heavy atom. The number of aromatic nitrogens is 1. The minimum Gasteiger partial charge on any atom is -0.423 e. The van der Waals surface area contributed by atoms with Crippen LogP contribution in [-0.4, -0.2) is 22.2 Å². The fourth-order valence-corrected chi connectivity index (χ4v) is 1.20. The normalized spacial score (nSPS) is 10.0. The average molecular weight is 165 g/mol. The molecule has 0 aliphatic carbocycles. The Balaban J connectivity index is 3.14. The van der Waals surface area contributed by atoms with E-state index in [-0.39, 0.29) is 0 Å². The second-order valence-electron chi connectivity index (χ2n) is 2.74. The SMILES string of the molecule is CCc1cncc(B(O)O)c1C. The van der Waals surface area contributed by atoms with Crippen LogP contribution in [0.15, 0.2) is 12.4 Å². The standard InChI is InChI=1S/C8H12BNO2/c1-3-7-4-10-5-8(6(7)2)9(11)12/h4-5,11-12H,3H2,1-2H3. The first-order valence-corrected chi connectivity index (χ1v) is 3.96. The number of nitrogens with zero attached hydrogens (tertiary/aromatic N) is 1. The summed E-state index contributed by atoms with van der Waals surface area (Å²) >= 11 is 0. The van der Waals surface area contributed by atoms with Crippen molar-refractivity contribution >= 4 is 12.6 Å². The summed E-state index contributed by atoms with van der Waals surface area (Å²) in [5, 5.41) is 17.9. The highest BCUT2D eigenvalue weighted by molar-refractivity contribution is 6.59. The maximum atomic E-state index is 8.94. The highest BCUT2D eigenvalue weighted by atomic mass is 16.4. The van der Waals surface area contributed by atoms with Crippen LogP contribution in [-0.2, 0) is 6.42 Å². The molecule has 0 bridgehead atoms. The molecule has 0 fully saturated rings. The molecule has 0 unspecified atom stereocenters. The molecule has 4 heteroatoms. The molecule has 0 saturated carbocycles. The minimum atomic E-state index is -1.41. The molecule has 1 heterocycles. The number of aryl methyl sites for hydroxylation is 1. The quantitative estimate of drug-likeness (QED) is 0.588. The van der Waals surface area contributed by atoms with Crippen LogP contribution in [0.1, 0.15) is 18.1 Å². The largest absolute Gasteiger partial charge is 0.490 e. The van der Waals surface area contributed by atoms with E-state index in [9.17, 15) is 0 Å². The Hall–Kier alpha value is -0.865. The summed E-state index contributed by atoms with van der Waals surface area (Å²) in [5.41, 5.74) is 2.47. The van der Waals surface area contributed by atoms with Gasteiger partial charge in [0.15, 0.2) is 0 Å². The third-order valence-electron chi connectivity index (χ3n) is 2.02. The Kier molecular flexibility index (Phi) is 2.84. The third-order valence-corrected chi connectivity index (χ3v) is 2.02. The van der Waals surface area contributed by atoms with E-state index in [0.717, 1.165) is 17.5 Å². The summed E-state index contributed by atoms with van der Waals surface area (Å²) < 4.78 is 0. The number of rotatable bonds is 2. The molecular weight excluding hydrogens is 153 g/mol. The van der Waals surface area contributed by atoms with Gasteiger partial charge < -0.3 is 10.0 Å². The van der Waals surface area contributed by atoms with Gasteiger partial charge in [-0.15, -0.1) is 0 Å². The summed E-state index contributed by atoms with van der Waals surface area (Å²) in [7, 11) is -1.41. The van der Waals surface area contributed by atoms with Crippen LogP contribution in [0.2, 0.25) is 0 Å². The molecule has 0 saturated heterocycles. The summed E-state index contributed by atoms with van der Waals surface area (Å²) in [4.78, 5) is 3.92. The van der Waals surface area contributed by atoms with Gasteiger partial charge in [-0.3, -0.25) is 4.98 Å². The lowest BCUT2D eigenvalue weighted by Gasteiger charge is -2.07. The first-order valence-electron chi connectivity index (χ1n) is 3.96. The first kappa shape index (κ1) is 9.22. The first-order chi connectivity index (χ1) is 5.66. The molecule has 3 nitrogen and oxygen atoms in total. The Labute approximate surface area is 72.2 Å². The zero-order valence-electron chi connectivity index (χ0n) is 7.28. The molecule has 2 N–H and O–H groups in total. The average Bonchev–Trinajstić information content (AvgIpc) is 2.04. The van der Waals surface area contributed by atoms with Crippen LogP contribution < -0.4 is 5.46 Å². The van der Waals surface area contributed by atoms with Gasteiger partial charge in [0.05, 0.1) is 0 Å². The molecule has 1 rings (SSSR count). The third kappa shape index (κ3) is 1.65. The van der Waals surface area contributed by atoms with Crippen molar-refractivity contribution in [3.05, 3.63) is 23.5 Å². The van der Waals surface area contributed by atoms with E-state index in [1.165, 1.54) is 6.20 Å². The lowest BCUT2D eigenvalue weighted by atomic mass is 9.77. The molecule has 0 radical (unpaired) electrons. The van der Waals surface area contributed by atoms with Crippen molar-refractivity contribution in [2.24, 2.45) is 0 Å². The van der Waals surface area contributed by atoms with Gasteiger partial charge in [0, 0.05) is 17.9 Å². The van der Waals surface area contributed by atoms with Gasteiger partial charge in [-0.2, -0.15) is 0 Å².